The van der Waals surface area contributed by atoms with Gasteiger partial charge in [-0.3, -0.25) is 0 Å². The minimum Gasteiger partial charge on any atom is -0.354 e. The first-order valence-electron chi connectivity index (χ1n) is 9.40. The SMILES string of the molecule is Cc1c2c[n+](CCCCCC#N)ccc2c(C)c2c1[nH]c1ccccc12. The van der Waals surface area contributed by atoms with Crippen molar-refractivity contribution < 1.29 is 4.57 Å². The molecule has 0 saturated heterocycles. The van der Waals surface area contributed by atoms with Crippen LogP contribution >= 0.6 is 0 Å². The maximum absolute atomic E-state index is 8.64. The second-order valence-corrected chi connectivity index (χ2v) is 7.15. The van der Waals surface area contributed by atoms with Crippen molar-refractivity contribution in [2.45, 2.75) is 46.1 Å². The minimum atomic E-state index is 0.666. The molecule has 0 atom stereocenters. The lowest BCUT2D eigenvalue weighted by atomic mass is 9.97. The molecule has 0 aliphatic carbocycles. The summed E-state index contributed by atoms with van der Waals surface area (Å²) >= 11 is 0. The number of aromatic nitrogens is 2. The molecular weight excluding hydrogens is 318 g/mol. The van der Waals surface area contributed by atoms with E-state index < -0.39 is 0 Å². The van der Waals surface area contributed by atoms with Gasteiger partial charge in [-0.2, -0.15) is 5.26 Å². The fourth-order valence-corrected chi connectivity index (χ4v) is 4.06. The smallest absolute Gasteiger partial charge is 0.176 e. The van der Waals surface area contributed by atoms with Crippen LogP contribution in [0.25, 0.3) is 32.6 Å². The number of unbranched alkanes of at least 4 members (excludes halogenated alkanes) is 3. The number of benzene rings is 2. The lowest BCUT2D eigenvalue weighted by Gasteiger charge is -2.08. The maximum atomic E-state index is 8.64. The van der Waals surface area contributed by atoms with E-state index in [2.05, 4.69) is 72.2 Å². The molecule has 26 heavy (non-hydrogen) atoms. The van der Waals surface area contributed by atoms with Crippen molar-refractivity contribution in [2.24, 2.45) is 0 Å². The molecule has 130 valence electrons. The van der Waals surface area contributed by atoms with E-state index in [1.807, 2.05) is 0 Å². The average Bonchev–Trinajstić information content (AvgIpc) is 3.06. The van der Waals surface area contributed by atoms with Crippen molar-refractivity contribution in [3.63, 3.8) is 0 Å². The number of para-hydroxylation sites is 1. The van der Waals surface area contributed by atoms with Crippen molar-refractivity contribution in [1.82, 2.24) is 4.98 Å². The molecule has 0 aliphatic heterocycles. The maximum Gasteiger partial charge on any atom is 0.176 e. The Morgan fingerprint density at radius 1 is 0.962 bits per heavy atom. The van der Waals surface area contributed by atoms with Gasteiger partial charge in [0, 0.05) is 35.2 Å². The highest BCUT2D eigenvalue weighted by atomic mass is 14.9. The van der Waals surface area contributed by atoms with Crippen molar-refractivity contribution >= 4 is 32.6 Å². The van der Waals surface area contributed by atoms with Crippen LogP contribution in [0.5, 0.6) is 0 Å². The summed E-state index contributed by atoms with van der Waals surface area (Å²) in [4.78, 5) is 3.63. The molecule has 2 heterocycles. The molecular formula is C23H24N3+. The number of hydrogen-bond acceptors (Lipinski definition) is 1. The summed E-state index contributed by atoms with van der Waals surface area (Å²) in [5.74, 6) is 0. The number of hydrogen-bond donors (Lipinski definition) is 1. The van der Waals surface area contributed by atoms with E-state index in [0.717, 1.165) is 25.8 Å². The van der Waals surface area contributed by atoms with Gasteiger partial charge in [0.1, 0.15) is 6.54 Å². The first kappa shape index (κ1) is 16.6. The molecule has 2 aromatic heterocycles. The highest BCUT2D eigenvalue weighted by Gasteiger charge is 2.16. The van der Waals surface area contributed by atoms with E-state index in [1.165, 1.54) is 43.7 Å². The van der Waals surface area contributed by atoms with Crippen LogP contribution in [0.15, 0.2) is 42.7 Å². The molecule has 0 amide bonds. The van der Waals surface area contributed by atoms with Gasteiger partial charge in [0.25, 0.3) is 0 Å². The summed E-state index contributed by atoms with van der Waals surface area (Å²) in [6.07, 6.45) is 8.37. The standard InChI is InChI=1S/C23H23N3/c1-16-18-11-14-26(13-8-4-3-7-12-24)15-20(18)17(2)23-22(16)19-9-5-6-10-21(19)25-23/h5-6,9-11,14-15H,3-4,7-8,13H2,1-2H3/p+1. The average molecular weight is 342 g/mol. The van der Waals surface area contributed by atoms with Crippen LogP contribution in [0.4, 0.5) is 0 Å². The molecule has 0 fully saturated rings. The Labute approximate surface area is 153 Å². The van der Waals surface area contributed by atoms with Gasteiger partial charge in [-0.1, -0.05) is 18.2 Å². The van der Waals surface area contributed by atoms with Crippen LogP contribution in [-0.4, -0.2) is 4.98 Å². The van der Waals surface area contributed by atoms with Gasteiger partial charge in [-0.25, -0.2) is 4.57 Å². The fourth-order valence-electron chi connectivity index (χ4n) is 4.06. The lowest BCUT2D eigenvalue weighted by molar-refractivity contribution is -0.696. The third-order valence-electron chi connectivity index (χ3n) is 5.49. The van der Waals surface area contributed by atoms with Crippen LogP contribution in [0, 0.1) is 25.2 Å². The zero-order valence-corrected chi connectivity index (χ0v) is 15.5. The van der Waals surface area contributed by atoms with E-state index in [-0.39, 0.29) is 0 Å². The predicted molar refractivity (Wildman–Crippen MR) is 107 cm³/mol. The monoisotopic (exact) mass is 342 g/mol. The van der Waals surface area contributed by atoms with Crippen molar-refractivity contribution in [3.8, 4) is 6.07 Å². The van der Waals surface area contributed by atoms with Crippen LogP contribution < -0.4 is 4.57 Å². The van der Waals surface area contributed by atoms with Gasteiger partial charge in [-0.15, -0.1) is 0 Å². The van der Waals surface area contributed by atoms with Crippen LogP contribution in [0.1, 0.15) is 36.8 Å². The Bertz CT molecular complexity index is 1150. The number of nitriles is 1. The van der Waals surface area contributed by atoms with E-state index in [0.29, 0.717) is 6.42 Å². The molecule has 0 aliphatic rings. The zero-order chi connectivity index (χ0) is 18.1. The van der Waals surface area contributed by atoms with Gasteiger partial charge in [0.05, 0.1) is 17.0 Å². The molecule has 0 radical (unpaired) electrons. The van der Waals surface area contributed by atoms with Gasteiger partial charge in [0.2, 0.25) is 0 Å². The van der Waals surface area contributed by atoms with E-state index >= 15 is 0 Å². The summed E-state index contributed by atoms with van der Waals surface area (Å²) in [6.45, 7) is 5.46. The molecule has 3 nitrogen and oxygen atoms in total. The van der Waals surface area contributed by atoms with Gasteiger partial charge >= 0.3 is 0 Å². The van der Waals surface area contributed by atoms with Crippen LogP contribution in [0.2, 0.25) is 0 Å². The summed E-state index contributed by atoms with van der Waals surface area (Å²) in [6, 6.07) is 13.0. The lowest BCUT2D eigenvalue weighted by Crippen LogP contribution is -2.32. The first-order valence-corrected chi connectivity index (χ1v) is 9.40. The zero-order valence-electron chi connectivity index (χ0n) is 15.5. The van der Waals surface area contributed by atoms with Gasteiger partial charge in [-0.05, 0) is 49.3 Å². The highest BCUT2D eigenvalue weighted by molar-refractivity contribution is 6.16. The minimum absolute atomic E-state index is 0.666. The Morgan fingerprint density at radius 3 is 2.65 bits per heavy atom. The summed E-state index contributed by atoms with van der Waals surface area (Å²) in [7, 11) is 0. The number of aromatic amines is 1. The molecule has 0 spiro atoms. The molecule has 4 aromatic rings. The third-order valence-corrected chi connectivity index (χ3v) is 5.49. The van der Waals surface area contributed by atoms with Crippen molar-refractivity contribution in [1.29, 1.82) is 5.26 Å². The molecule has 1 N–H and O–H groups in total. The second kappa shape index (κ2) is 6.80. The van der Waals surface area contributed by atoms with E-state index in [1.54, 1.807) is 0 Å². The Hall–Kier alpha value is -2.86. The normalized spacial score (nSPS) is 11.4. The molecule has 0 saturated carbocycles. The quantitative estimate of drug-likeness (QED) is 0.380. The van der Waals surface area contributed by atoms with E-state index in [4.69, 9.17) is 5.26 Å². The number of H-pyrrole nitrogens is 1. The van der Waals surface area contributed by atoms with Crippen molar-refractivity contribution in [3.05, 3.63) is 53.9 Å². The Balaban J connectivity index is 1.78. The van der Waals surface area contributed by atoms with Crippen LogP contribution in [-0.2, 0) is 6.54 Å². The topological polar surface area (TPSA) is 43.5 Å². The number of nitrogens with zero attached hydrogens (tertiary/aromatic N) is 2. The molecule has 2 aromatic carbocycles. The third kappa shape index (κ3) is 2.72. The molecule has 3 heteroatoms. The Morgan fingerprint density at radius 2 is 1.81 bits per heavy atom. The summed E-state index contributed by atoms with van der Waals surface area (Å²) in [5, 5.41) is 13.9. The highest BCUT2D eigenvalue weighted by Crippen LogP contribution is 2.35. The van der Waals surface area contributed by atoms with Gasteiger partial charge in [0.15, 0.2) is 12.4 Å². The number of pyridine rings is 1. The Kier molecular flexibility index (Phi) is 4.34. The fraction of sp³-hybridized carbons (Fsp3) is 0.304. The molecule has 0 unspecified atom stereocenters. The number of aryl methyl sites for hydroxylation is 3. The van der Waals surface area contributed by atoms with Crippen molar-refractivity contribution in [2.75, 3.05) is 0 Å². The summed E-state index contributed by atoms with van der Waals surface area (Å²) in [5.41, 5.74) is 5.12. The van der Waals surface area contributed by atoms with E-state index in [9.17, 15) is 0 Å². The largest absolute Gasteiger partial charge is 0.354 e. The number of fused-ring (bicyclic) bond motifs is 4. The second-order valence-electron chi connectivity index (χ2n) is 7.15. The molecule has 4 rings (SSSR count). The number of nitrogens with one attached hydrogen (secondary N) is 1. The van der Waals surface area contributed by atoms with Gasteiger partial charge < -0.3 is 4.98 Å². The van der Waals surface area contributed by atoms with Crippen LogP contribution in [0.3, 0.4) is 0 Å². The summed E-state index contributed by atoms with van der Waals surface area (Å²) < 4.78 is 2.29. The predicted octanol–water partition coefficient (Wildman–Crippen LogP) is 5.46. The number of rotatable bonds is 5. The molecule has 0 bridgehead atoms. The first-order chi connectivity index (χ1) is 12.7.